The summed E-state index contributed by atoms with van der Waals surface area (Å²) in [6.45, 7) is 0.632. The quantitative estimate of drug-likeness (QED) is 0.639. The van der Waals surface area contributed by atoms with Crippen LogP contribution in [0, 0.1) is 0 Å². The zero-order valence-corrected chi connectivity index (χ0v) is 19.3. The van der Waals surface area contributed by atoms with Crippen LogP contribution in [-0.4, -0.2) is 92.0 Å². The Labute approximate surface area is 198 Å². The van der Waals surface area contributed by atoms with E-state index in [9.17, 15) is 19.5 Å². The maximum atomic E-state index is 13.2. The minimum absolute atomic E-state index is 0.0826. The lowest BCUT2D eigenvalue weighted by atomic mass is 9.98. The molecule has 0 spiro atoms. The van der Waals surface area contributed by atoms with Crippen LogP contribution in [-0.2, 0) is 19.1 Å². The van der Waals surface area contributed by atoms with Crippen molar-refractivity contribution in [3.63, 3.8) is 0 Å². The Morgan fingerprint density at radius 1 is 1.12 bits per heavy atom. The highest BCUT2D eigenvalue weighted by Crippen LogP contribution is 2.44. The van der Waals surface area contributed by atoms with Crippen molar-refractivity contribution in [2.45, 2.75) is 18.0 Å². The first-order valence-corrected chi connectivity index (χ1v) is 11.2. The molecular formula is C25H29N3O6. The van der Waals surface area contributed by atoms with Crippen LogP contribution in [0.25, 0.3) is 11.1 Å². The first-order chi connectivity index (χ1) is 16.4. The molecule has 1 aliphatic carbocycles. The first kappa shape index (κ1) is 23.7. The molecule has 1 aliphatic heterocycles. The molecule has 0 saturated carbocycles. The van der Waals surface area contributed by atoms with Gasteiger partial charge >= 0.3 is 12.1 Å². The number of rotatable bonds is 7. The lowest BCUT2D eigenvalue weighted by Gasteiger charge is -2.35. The number of carbonyl (C=O) groups excluding carboxylic acids is 2. The number of carbonyl (C=O) groups is 3. The van der Waals surface area contributed by atoms with Crippen molar-refractivity contribution in [3.05, 3.63) is 59.7 Å². The Bertz CT molecular complexity index is 1030. The van der Waals surface area contributed by atoms with Crippen LogP contribution in [0.1, 0.15) is 17.0 Å². The Kier molecular flexibility index (Phi) is 7.14. The van der Waals surface area contributed by atoms with Crippen LogP contribution in [0.15, 0.2) is 48.5 Å². The molecule has 2 N–H and O–H groups in total. The van der Waals surface area contributed by atoms with Crippen LogP contribution >= 0.6 is 0 Å². The molecule has 1 fully saturated rings. The molecule has 1 saturated heterocycles. The van der Waals surface area contributed by atoms with Gasteiger partial charge in [0, 0.05) is 19.0 Å². The van der Waals surface area contributed by atoms with Crippen molar-refractivity contribution < 1.29 is 29.0 Å². The van der Waals surface area contributed by atoms with Crippen molar-refractivity contribution in [1.29, 1.82) is 0 Å². The maximum Gasteiger partial charge on any atom is 0.407 e. The summed E-state index contributed by atoms with van der Waals surface area (Å²) in [5.74, 6) is -1.72. The number of aliphatic carboxylic acids is 1. The molecule has 180 valence electrons. The number of fused-ring (bicyclic) bond motifs is 3. The summed E-state index contributed by atoms with van der Waals surface area (Å²) >= 11 is 0. The standard InChI is InChI=1S/C25H29N3O6/c1-27(2)13-21(23(29)28-11-12-33-15-22(28)24(30)31)26-25(32)34-14-20-18-9-5-3-7-16(18)17-8-4-6-10-19(17)20/h3-10,20-22H,11-15H2,1-2H3,(H,26,32)(H,30,31)/t21-,22?/m0/s1. The smallest absolute Gasteiger partial charge is 0.407 e. The number of hydrogen-bond acceptors (Lipinski definition) is 6. The van der Waals surface area contributed by atoms with Gasteiger partial charge in [0.25, 0.3) is 0 Å². The van der Waals surface area contributed by atoms with E-state index >= 15 is 0 Å². The number of nitrogens with zero attached hydrogens (tertiary/aromatic N) is 2. The summed E-state index contributed by atoms with van der Waals surface area (Å²) in [5.41, 5.74) is 4.43. The maximum absolute atomic E-state index is 13.2. The molecule has 9 nitrogen and oxygen atoms in total. The Morgan fingerprint density at radius 3 is 2.32 bits per heavy atom. The summed E-state index contributed by atoms with van der Waals surface area (Å²) in [7, 11) is 3.54. The first-order valence-electron chi connectivity index (χ1n) is 11.2. The van der Waals surface area contributed by atoms with Gasteiger partial charge in [-0.1, -0.05) is 48.5 Å². The van der Waals surface area contributed by atoms with Crippen LogP contribution in [0.2, 0.25) is 0 Å². The summed E-state index contributed by atoms with van der Waals surface area (Å²) in [5, 5.41) is 12.1. The fraction of sp³-hybridized carbons (Fsp3) is 0.400. The lowest BCUT2D eigenvalue weighted by molar-refractivity contribution is -0.159. The SMILES string of the molecule is CN(C)C[C@H](NC(=O)OCC1c2ccccc2-c2ccccc21)C(=O)N1CCOCC1C(=O)O. The fourth-order valence-electron chi connectivity index (χ4n) is 4.61. The number of alkyl carbamates (subject to hydrolysis) is 1. The van der Waals surface area contributed by atoms with Gasteiger partial charge in [-0.3, -0.25) is 4.79 Å². The average Bonchev–Trinajstić information content (AvgIpc) is 3.15. The molecule has 0 radical (unpaired) electrons. The van der Waals surface area contributed by atoms with Gasteiger partial charge in [-0.05, 0) is 36.3 Å². The van der Waals surface area contributed by atoms with Crippen LogP contribution < -0.4 is 5.32 Å². The summed E-state index contributed by atoms with van der Waals surface area (Å²) in [6.07, 6.45) is -0.720. The average molecular weight is 468 g/mol. The summed E-state index contributed by atoms with van der Waals surface area (Å²) < 4.78 is 10.8. The molecule has 34 heavy (non-hydrogen) atoms. The van der Waals surface area contributed by atoms with Crippen molar-refractivity contribution in [2.24, 2.45) is 0 Å². The van der Waals surface area contributed by atoms with Crippen molar-refractivity contribution in [1.82, 2.24) is 15.1 Å². The predicted molar refractivity (Wildman–Crippen MR) is 125 cm³/mol. The van der Waals surface area contributed by atoms with E-state index in [1.807, 2.05) is 36.4 Å². The number of likely N-dealkylation sites (N-methyl/N-ethyl adjacent to an activating group) is 1. The van der Waals surface area contributed by atoms with Crippen molar-refractivity contribution in [3.8, 4) is 11.1 Å². The Hall–Kier alpha value is -3.43. The zero-order valence-electron chi connectivity index (χ0n) is 19.3. The predicted octanol–water partition coefficient (Wildman–Crippen LogP) is 1.77. The molecule has 2 aromatic rings. The van der Waals surface area contributed by atoms with Gasteiger partial charge < -0.3 is 29.7 Å². The molecule has 9 heteroatoms. The molecule has 2 atom stereocenters. The minimum atomic E-state index is -1.14. The number of hydrogen-bond donors (Lipinski definition) is 2. The van der Waals surface area contributed by atoms with E-state index in [-0.39, 0.29) is 38.8 Å². The Balaban J connectivity index is 1.45. The lowest BCUT2D eigenvalue weighted by Crippen LogP contribution is -2.60. The van der Waals surface area contributed by atoms with E-state index in [0.717, 1.165) is 22.3 Å². The number of benzene rings is 2. The van der Waals surface area contributed by atoms with Gasteiger partial charge in [-0.2, -0.15) is 0 Å². The Morgan fingerprint density at radius 2 is 1.74 bits per heavy atom. The molecule has 1 heterocycles. The second-order valence-electron chi connectivity index (χ2n) is 8.75. The minimum Gasteiger partial charge on any atom is -0.480 e. The molecule has 1 unspecified atom stereocenters. The third kappa shape index (κ3) is 4.90. The molecule has 2 aromatic carbocycles. The van der Waals surface area contributed by atoms with E-state index in [4.69, 9.17) is 9.47 Å². The van der Waals surface area contributed by atoms with Gasteiger partial charge in [-0.25, -0.2) is 9.59 Å². The van der Waals surface area contributed by atoms with Crippen LogP contribution in [0.5, 0.6) is 0 Å². The summed E-state index contributed by atoms with van der Waals surface area (Å²) in [6, 6.07) is 14.0. The van der Waals surface area contributed by atoms with E-state index in [1.165, 1.54) is 4.90 Å². The highest BCUT2D eigenvalue weighted by atomic mass is 16.5. The second-order valence-corrected chi connectivity index (χ2v) is 8.75. The van der Waals surface area contributed by atoms with E-state index < -0.39 is 30.1 Å². The molecule has 4 rings (SSSR count). The van der Waals surface area contributed by atoms with Crippen molar-refractivity contribution >= 4 is 18.0 Å². The van der Waals surface area contributed by atoms with Gasteiger partial charge in [0.05, 0.1) is 13.2 Å². The largest absolute Gasteiger partial charge is 0.480 e. The molecule has 2 amide bonds. The third-order valence-corrected chi connectivity index (χ3v) is 6.18. The third-order valence-electron chi connectivity index (χ3n) is 6.18. The van der Waals surface area contributed by atoms with Crippen LogP contribution in [0.3, 0.4) is 0 Å². The molecule has 0 bridgehead atoms. The van der Waals surface area contributed by atoms with E-state index in [0.29, 0.717) is 0 Å². The van der Waals surface area contributed by atoms with Gasteiger partial charge in [0.1, 0.15) is 12.6 Å². The number of amides is 2. The van der Waals surface area contributed by atoms with Crippen molar-refractivity contribution in [2.75, 3.05) is 47.0 Å². The molecular weight excluding hydrogens is 438 g/mol. The highest BCUT2D eigenvalue weighted by molar-refractivity contribution is 5.90. The number of carboxylic acids is 1. The normalized spacial score (nSPS) is 18.2. The second kappa shape index (κ2) is 10.2. The monoisotopic (exact) mass is 467 g/mol. The number of carboxylic acid groups (broad SMARTS) is 1. The van der Waals surface area contributed by atoms with Gasteiger partial charge in [0.15, 0.2) is 6.04 Å². The summed E-state index contributed by atoms with van der Waals surface area (Å²) in [4.78, 5) is 40.5. The van der Waals surface area contributed by atoms with Gasteiger partial charge in [-0.15, -0.1) is 0 Å². The number of nitrogens with one attached hydrogen (secondary N) is 1. The van der Waals surface area contributed by atoms with Gasteiger partial charge in [0.2, 0.25) is 5.91 Å². The number of morpholine rings is 1. The van der Waals surface area contributed by atoms with Crippen LogP contribution in [0.4, 0.5) is 4.79 Å². The van der Waals surface area contributed by atoms with E-state index in [1.54, 1.807) is 19.0 Å². The topological polar surface area (TPSA) is 108 Å². The zero-order chi connectivity index (χ0) is 24.2. The number of ether oxygens (including phenoxy) is 2. The molecule has 2 aliphatic rings. The fourth-order valence-corrected chi connectivity index (χ4v) is 4.61. The van der Waals surface area contributed by atoms with E-state index in [2.05, 4.69) is 17.4 Å². The highest BCUT2D eigenvalue weighted by Gasteiger charge is 2.37. The molecule has 0 aromatic heterocycles.